The number of para-hydroxylation sites is 1. The van der Waals surface area contributed by atoms with Crippen LogP contribution in [-0.4, -0.2) is 30.1 Å². The molecule has 0 aliphatic rings. The molecule has 0 fully saturated rings. The van der Waals surface area contributed by atoms with Gasteiger partial charge in [0.05, 0.1) is 34.4 Å². The van der Waals surface area contributed by atoms with Gasteiger partial charge in [-0.1, -0.05) is 23.7 Å². The SMILES string of the molecule is COc1cc(Cl)c(C)cc1NC(=O)C(C)OC(=O)CCc1nc2ccccc2s1. The van der Waals surface area contributed by atoms with Crippen LogP contribution in [0.2, 0.25) is 5.02 Å². The molecular weight excluding hydrogens is 412 g/mol. The topological polar surface area (TPSA) is 77.5 Å². The number of hydrogen-bond acceptors (Lipinski definition) is 6. The van der Waals surface area contributed by atoms with Crippen molar-refractivity contribution in [2.24, 2.45) is 0 Å². The van der Waals surface area contributed by atoms with Crippen molar-refractivity contribution < 1.29 is 19.1 Å². The van der Waals surface area contributed by atoms with E-state index in [4.69, 9.17) is 21.1 Å². The monoisotopic (exact) mass is 432 g/mol. The predicted molar refractivity (Wildman–Crippen MR) is 115 cm³/mol. The van der Waals surface area contributed by atoms with Crippen molar-refractivity contribution in [1.82, 2.24) is 4.98 Å². The molecule has 1 N–H and O–H groups in total. The lowest BCUT2D eigenvalue weighted by Crippen LogP contribution is -2.30. The fourth-order valence-electron chi connectivity index (χ4n) is 2.71. The number of carbonyl (C=O) groups is 2. The summed E-state index contributed by atoms with van der Waals surface area (Å²) in [5, 5.41) is 4.11. The third-order valence-electron chi connectivity index (χ3n) is 4.30. The predicted octanol–water partition coefficient (Wildman–Crippen LogP) is 4.77. The number of nitrogens with zero attached hydrogens (tertiary/aromatic N) is 1. The Morgan fingerprint density at radius 2 is 2.03 bits per heavy atom. The second kappa shape index (κ2) is 9.24. The lowest BCUT2D eigenvalue weighted by Gasteiger charge is -2.16. The number of esters is 1. The zero-order valence-electron chi connectivity index (χ0n) is 16.3. The zero-order chi connectivity index (χ0) is 21.0. The van der Waals surface area contributed by atoms with Crippen LogP contribution in [0.15, 0.2) is 36.4 Å². The minimum absolute atomic E-state index is 0.154. The molecule has 1 atom stereocenters. The Kier molecular flexibility index (Phi) is 6.71. The van der Waals surface area contributed by atoms with Gasteiger partial charge in [-0.15, -0.1) is 11.3 Å². The maximum atomic E-state index is 12.4. The Hall–Kier alpha value is -2.64. The molecule has 2 aromatic carbocycles. The van der Waals surface area contributed by atoms with Crippen molar-refractivity contribution in [2.75, 3.05) is 12.4 Å². The van der Waals surface area contributed by atoms with Crippen molar-refractivity contribution in [1.29, 1.82) is 0 Å². The molecule has 1 unspecified atom stereocenters. The first kappa shape index (κ1) is 21.1. The largest absolute Gasteiger partial charge is 0.495 e. The number of nitrogens with one attached hydrogen (secondary N) is 1. The Morgan fingerprint density at radius 3 is 2.76 bits per heavy atom. The summed E-state index contributed by atoms with van der Waals surface area (Å²) in [6.07, 6.45) is -0.323. The molecule has 0 radical (unpaired) electrons. The minimum Gasteiger partial charge on any atom is -0.495 e. The summed E-state index contributed by atoms with van der Waals surface area (Å²) in [5.41, 5.74) is 2.18. The van der Waals surface area contributed by atoms with Gasteiger partial charge in [-0.2, -0.15) is 0 Å². The fourth-order valence-corrected chi connectivity index (χ4v) is 3.83. The van der Waals surface area contributed by atoms with Gasteiger partial charge >= 0.3 is 5.97 Å². The number of carbonyl (C=O) groups excluding carboxylic acids is 2. The standard InChI is InChI=1S/C21H21ClN2O4S/c1-12-10-16(17(27-3)11-14(12)22)24-21(26)13(2)28-20(25)9-8-19-23-15-6-4-5-7-18(15)29-19/h4-7,10-11,13H,8-9H2,1-3H3,(H,24,26). The molecule has 0 saturated heterocycles. The van der Waals surface area contributed by atoms with Gasteiger partial charge in [-0.3, -0.25) is 9.59 Å². The molecular formula is C21H21ClN2O4S. The Balaban J connectivity index is 1.55. The van der Waals surface area contributed by atoms with E-state index in [0.29, 0.717) is 22.9 Å². The lowest BCUT2D eigenvalue weighted by atomic mass is 10.2. The number of ether oxygens (including phenoxy) is 2. The molecule has 0 aliphatic heterocycles. The third kappa shape index (κ3) is 5.25. The van der Waals surface area contributed by atoms with Crippen LogP contribution in [0.4, 0.5) is 5.69 Å². The highest BCUT2D eigenvalue weighted by Crippen LogP contribution is 2.31. The van der Waals surface area contributed by atoms with Crippen LogP contribution in [0.5, 0.6) is 5.75 Å². The summed E-state index contributed by atoms with van der Waals surface area (Å²) < 4.78 is 11.6. The van der Waals surface area contributed by atoms with Crippen molar-refractivity contribution in [3.05, 3.63) is 52.0 Å². The van der Waals surface area contributed by atoms with Crippen LogP contribution in [0.3, 0.4) is 0 Å². The van der Waals surface area contributed by atoms with Crippen LogP contribution in [-0.2, 0) is 20.7 Å². The summed E-state index contributed by atoms with van der Waals surface area (Å²) in [6, 6.07) is 11.1. The molecule has 0 bridgehead atoms. The Bertz CT molecular complexity index is 1020. The molecule has 1 heterocycles. The summed E-state index contributed by atoms with van der Waals surface area (Å²) in [7, 11) is 1.49. The molecule has 3 rings (SSSR count). The van der Waals surface area contributed by atoms with E-state index in [0.717, 1.165) is 20.8 Å². The number of anilines is 1. The first-order chi connectivity index (χ1) is 13.9. The van der Waals surface area contributed by atoms with Crippen LogP contribution >= 0.6 is 22.9 Å². The number of fused-ring (bicyclic) bond motifs is 1. The van der Waals surface area contributed by atoms with Crippen molar-refractivity contribution in [3.63, 3.8) is 0 Å². The number of hydrogen-bond donors (Lipinski definition) is 1. The Labute approximate surface area is 177 Å². The van der Waals surface area contributed by atoms with E-state index < -0.39 is 18.0 Å². The summed E-state index contributed by atoms with van der Waals surface area (Å²) in [4.78, 5) is 29.1. The Morgan fingerprint density at radius 1 is 1.28 bits per heavy atom. The van der Waals surface area contributed by atoms with Gasteiger partial charge in [0.15, 0.2) is 6.10 Å². The number of thiazole rings is 1. The van der Waals surface area contributed by atoms with E-state index in [1.165, 1.54) is 14.0 Å². The quantitative estimate of drug-likeness (QED) is 0.544. The zero-order valence-corrected chi connectivity index (χ0v) is 17.9. The summed E-state index contributed by atoms with van der Waals surface area (Å²) >= 11 is 7.63. The van der Waals surface area contributed by atoms with E-state index in [-0.39, 0.29) is 6.42 Å². The molecule has 1 aromatic heterocycles. The van der Waals surface area contributed by atoms with Crippen LogP contribution in [0, 0.1) is 6.92 Å². The minimum atomic E-state index is -0.946. The van der Waals surface area contributed by atoms with E-state index in [1.807, 2.05) is 31.2 Å². The third-order valence-corrected chi connectivity index (χ3v) is 5.80. The molecule has 1 amide bonds. The average Bonchev–Trinajstić information content (AvgIpc) is 3.12. The maximum absolute atomic E-state index is 12.4. The number of rotatable bonds is 7. The van der Waals surface area contributed by atoms with E-state index in [1.54, 1.807) is 23.5 Å². The van der Waals surface area contributed by atoms with Gasteiger partial charge < -0.3 is 14.8 Å². The highest BCUT2D eigenvalue weighted by Gasteiger charge is 2.20. The molecule has 8 heteroatoms. The highest BCUT2D eigenvalue weighted by atomic mass is 35.5. The summed E-state index contributed by atoms with van der Waals surface area (Å²) in [6.45, 7) is 3.35. The highest BCUT2D eigenvalue weighted by molar-refractivity contribution is 7.18. The van der Waals surface area contributed by atoms with Crippen molar-refractivity contribution in [3.8, 4) is 5.75 Å². The number of benzene rings is 2. The smallest absolute Gasteiger partial charge is 0.306 e. The van der Waals surface area contributed by atoms with Gasteiger partial charge in [-0.25, -0.2) is 4.98 Å². The molecule has 0 spiro atoms. The van der Waals surface area contributed by atoms with Gasteiger partial charge in [0, 0.05) is 17.5 Å². The first-order valence-corrected chi connectivity index (χ1v) is 10.3. The van der Waals surface area contributed by atoms with Crippen LogP contribution in [0.1, 0.15) is 23.9 Å². The molecule has 6 nitrogen and oxygen atoms in total. The van der Waals surface area contributed by atoms with E-state index >= 15 is 0 Å². The van der Waals surface area contributed by atoms with Crippen LogP contribution < -0.4 is 10.1 Å². The average molecular weight is 433 g/mol. The lowest BCUT2D eigenvalue weighted by molar-refractivity contribution is -0.153. The normalized spacial score (nSPS) is 11.9. The van der Waals surface area contributed by atoms with Gasteiger partial charge in [0.1, 0.15) is 5.75 Å². The number of halogens is 1. The molecule has 29 heavy (non-hydrogen) atoms. The molecule has 0 saturated carbocycles. The van der Waals surface area contributed by atoms with Gasteiger partial charge in [-0.05, 0) is 37.6 Å². The van der Waals surface area contributed by atoms with Crippen LogP contribution in [0.25, 0.3) is 10.2 Å². The molecule has 152 valence electrons. The second-order valence-corrected chi connectivity index (χ2v) is 8.02. The van der Waals surface area contributed by atoms with Crippen molar-refractivity contribution >= 4 is 50.7 Å². The fraction of sp³-hybridized carbons (Fsp3) is 0.286. The maximum Gasteiger partial charge on any atom is 0.306 e. The molecule has 3 aromatic rings. The number of aryl methyl sites for hydroxylation is 2. The number of amides is 1. The van der Waals surface area contributed by atoms with E-state index in [2.05, 4.69) is 10.3 Å². The van der Waals surface area contributed by atoms with Crippen molar-refractivity contribution in [2.45, 2.75) is 32.8 Å². The number of aromatic nitrogens is 1. The number of methoxy groups -OCH3 is 1. The van der Waals surface area contributed by atoms with Gasteiger partial charge in [0.25, 0.3) is 5.91 Å². The van der Waals surface area contributed by atoms with E-state index in [9.17, 15) is 9.59 Å². The second-order valence-electron chi connectivity index (χ2n) is 6.50. The summed E-state index contributed by atoms with van der Waals surface area (Å²) in [5.74, 6) is -0.465. The molecule has 0 aliphatic carbocycles. The van der Waals surface area contributed by atoms with Gasteiger partial charge in [0.2, 0.25) is 0 Å². The first-order valence-electron chi connectivity index (χ1n) is 9.06.